The highest BCUT2D eigenvalue weighted by molar-refractivity contribution is 5.91. The average Bonchev–Trinajstić information content (AvgIpc) is 3.36. The van der Waals surface area contributed by atoms with Crippen LogP contribution in [-0.2, 0) is 33.3 Å². The van der Waals surface area contributed by atoms with Gasteiger partial charge in [-0.2, -0.15) is 0 Å². The first kappa shape index (κ1) is 21.1. The van der Waals surface area contributed by atoms with Crippen molar-refractivity contribution in [3.8, 4) is 0 Å². The Bertz CT molecular complexity index is 825. The van der Waals surface area contributed by atoms with Gasteiger partial charge in [0.05, 0.1) is 24.2 Å². The maximum atomic E-state index is 12.7. The van der Waals surface area contributed by atoms with Gasteiger partial charge in [0, 0.05) is 29.4 Å². The van der Waals surface area contributed by atoms with Gasteiger partial charge in [0.25, 0.3) is 0 Å². The highest BCUT2D eigenvalue weighted by Gasteiger charge is 2.72. The van der Waals surface area contributed by atoms with E-state index in [1.807, 2.05) is 6.92 Å². The van der Waals surface area contributed by atoms with E-state index in [2.05, 4.69) is 6.58 Å². The van der Waals surface area contributed by atoms with E-state index in [0.717, 1.165) is 0 Å². The quantitative estimate of drug-likeness (QED) is 0.315. The first-order valence-corrected chi connectivity index (χ1v) is 10.3. The lowest BCUT2D eigenvalue weighted by Gasteiger charge is -2.56. The number of carbonyl (C=O) groups is 3. The summed E-state index contributed by atoms with van der Waals surface area (Å²) in [5.41, 5.74) is -0.388. The Labute approximate surface area is 175 Å². The third kappa shape index (κ3) is 3.26. The van der Waals surface area contributed by atoms with E-state index in [-0.39, 0.29) is 12.5 Å². The van der Waals surface area contributed by atoms with Crippen LogP contribution in [0.15, 0.2) is 23.8 Å². The number of esters is 3. The molecule has 1 N–H and O–H groups in total. The van der Waals surface area contributed by atoms with Crippen LogP contribution in [0.4, 0.5) is 0 Å². The molecule has 0 aromatic carbocycles. The summed E-state index contributed by atoms with van der Waals surface area (Å²) in [4.78, 5) is 35.8. The molecule has 4 fully saturated rings. The SMILES string of the molecule is C=C1C(=O)O[C@H]2[C@H]1[C@@H](O)C[C@@]1(C)[C@@H](OC(=O)/C(C)=C\COC(C)=O)CC[C@@]3(CO3)[C@H]21. The molecule has 0 radical (unpaired) electrons. The highest BCUT2D eigenvalue weighted by Crippen LogP contribution is 2.63. The Balaban J connectivity index is 1.57. The second-order valence-corrected chi connectivity index (χ2v) is 9.15. The summed E-state index contributed by atoms with van der Waals surface area (Å²) in [5, 5.41) is 10.9. The van der Waals surface area contributed by atoms with Gasteiger partial charge in [-0.25, -0.2) is 9.59 Å². The molecule has 8 nitrogen and oxygen atoms in total. The Hall–Kier alpha value is -2.19. The van der Waals surface area contributed by atoms with E-state index in [4.69, 9.17) is 18.9 Å². The largest absolute Gasteiger partial charge is 0.462 e. The molecule has 0 bridgehead atoms. The topological polar surface area (TPSA) is 112 Å². The molecule has 164 valence electrons. The van der Waals surface area contributed by atoms with E-state index in [1.54, 1.807) is 6.92 Å². The molecule has 2 aliphatic heterocycles. The molecule has 0 aromatic heterocycles. The van der Waals surface area contributed by atoms with Crippen molar-refractivity contribution in [3.05, 3.63) is 23.8 Å². The number of hydrogen-bond acceptors (Lipinski definition) is 8. The lowest BCUT2D eigenvalue weighted by Crippen LogP contribution is -2.63. The highest BCUT2D eigenvalue weighted by atomic mass is 16.6. The Morgan fingerprint density at radius 2 is 2.07 bits per heavy atom. The predicted octanol–water partition coefficient (Wildman–Crippen LogP) is 1.46. The van der Waals surface area contributed by atoms with Gasteiger partial charge in [-0.3, -0.25) is 4.79 Å². The maximum absolute atomic E-state index is 12.7. The van der Waals surface area contributed by atoms with Gasteiger partial charge < -0.3 is 24.1 Å². The van der Waals surface area contributed by atoms with Crippen molar-refractivity contribution in [2.75, 3.05) is 13.2 Å². The van der Waals surface area contributed by atoms with Gasteiger partial charge in [0.2, 0.25) is 0 Å². The molecular formula is C22H28O8. The summed E-state index contributed by atoms with van der Waals surface area (Å²) in [6.07, 6.45) is 1.32. The minimum Gasteiger partial charge on any atom is -0.462 e. The van der Waals surface area contributed by atoms with Crippen molar-refractivity contribution >= 4 is 17.9 Å². The number of carbonyl (C=O) groups excluding carboxylic acids is 3. The van der Waals surface area contributed by atoms with E-state index in [1.165, 1.54) is 13.0 Å². The Morgan fingerprint density at radius 1 is 1.37 bits per heavy atom. The Kier molecular flexibility index (Phi) is 5.05. The predicted molar refractivity (Wildman–Crippen MR) is 103 cm³/mol. The molecule has 0 unspecified atom stereocenters. The monoisotopic (exact) mass is 420 g/mol. The number of rotatable bonds is 4. The first-order valence-electron chi connectivity index (χ1n) is 10.3. The fraction of sp³-hybridized carbons (Fsp3) is 0.682. The minimum atomic E-state index is -0.814. The fourth-order valence-electron chi connectivity index (χ4n) is 5.71. The van der Waals surface area contributed by atoms with Crippen LogP contribution in [0.1, 0.15) is 40.0 Å². The van der Waals surface area contributed by atoms with Gasteiger partial charge in [0.1, 0.15) is 18.8 Å². The Morgan fingerprint density at radius 3 is 2.70 bits per heavy atom. The minimum absolute atomic E-state index is 0.00168. The first-order chi connectivity index (χ1) is 14.1. The number of aliphatic hydroxyl groups is 1. The number of ether oxygens (including phenoxy) is 4. The number of hydrogen-bond donors (Lipinski definition) is 1. The van der Waals surface area contributed by atoms with Crippen LogP contribution in [0.2, 0.25) is 0 Å². The van der Waals surface area contributed by atoms with Gasteiger partial charge in [0.15, 0.2) is 0 Å². The lowest BCUT2D eigenvalue weighted by atomic mass is 9.51. The van der Waals surface area contributed by atoms with Gasteiger partial charge in [-0.1, -0.05) is 13.5 Å². The van der Waals surface area contributed by atoms with Crippen molar-refractivity contribution in [2.24, 2.45) is 17.3 Å². The van der Waals surface area contributed by atoms with Crippen LogP contribution < -0.4 is 0 Å². The molecule has 2 heterocycles. The maximum Gasteiger partial charge on any atom is 0.334 e. The average molecular weight is 420 g/mol. The third-order valence-electron chi connectivity index (χ3n) is 7.26. The molecule has 4 aliphatic rings. The van der Waals surface area contributed by atoms with Crippen molar-refractivity contribution in [1.29, 1.82) is 0 Å². The number of aliphatic hydroxyl groups excluding tert-OH is 1. The van der Waals surface area contributed by atoms with Gasteiger partial charge in [-0.15, -0.1) is 0 Å². The van der Waals surface area contributed by atoms with E-state index < -0.39 is 53.2 Å². The van der Waals surface area contributed by atoms with Gasteiger partial charge in [-0.05, 0) is 32.3 Å². The second-order valence-electron chi connectivity index (χ2n) is 9.15. The third-order valence-corrected chi connectivity index (χ3v) is 7.26. The van der Waals surface area contributed by atoms with Gasteiger partial charge >= 0.3 is 17.9 Å². The zero-order chi connectivity index (χ0) is 21.8. The summed E-state index contributed by atoms with van der Waals surface area (Å²) in [7, 11) is 0. The molecule has 2 saturated carbocycles. The molecule has 30 heavy (non-hydrogen) atoms. The second kappa shape index (κ2) is 7.20. The van der Waals surface area contributed by atoms with Crippen molar-refractivity contribution in [1.82, 2.24) is 0 Å². The van der Waals surface area contributed by atoms with Crippen LogP contribution in [0.5, 0.6) is 0 Å². The summed E-state index contributed by atoms with van der Waals surface area (Å²) in [6.45, 7) is 9.27. The molecule has 7 atom stereocenters. The summed E-state index contributed by atoms with van der Waals surface area (Å²) >= 11 is 0. The molecule has 2 saturated heterocycles. The van der Waals surface area contributed by atoms with Crippen LogP contribution >= 0.6 is 0 Å². The number of epoxide rings is 1. The molecule has 1 spiro atoms. The zero-order valence-electron chi connectivity index (χ0n) is 17.5. The molecule has 8 heteroatoms. The van der Waals surface area contributed by atoms with Crippen molar-refractivity contribution in [3.63, 3.8) is 0 Å². The lowest BCUT2D eigenvalue weighted by molar-refractivity contribution is -0.202. The van der Waals surface area contributed by atoms with Crippen LogP contribution in [-0.4, -0.2) is 60.1 Å². The molecule has 2 aliphatic carbocycles. The molecular weight excluding hydrogens is 392 g/mol. The van der Waals surface area contributed by atoms with E-state index in [0.29, 0.717) is 37.0 Å². The van der Waals surface area contributed by atoms with E-state index in [9.17, 15) is 19.5 Å². The molecule has 0 aromatic rings. The van der Waals surface area contributed by atoms with Crippen molar-refractivity contribution < 1.29 is 38.4 Å². The summed E-state index contributed by atoms with van der Waals surface area (Å²) in [6, 6.07) is 0. The molecule has 0 amide bonds. The smallest absolute Gasteiger partial charge is 0.334 e. The summed E-state index contributed by atoms with van der Waals surface area (Å²) < 4.78 is 22.2. The molecule has 4 rings (SSSR count). The van der Waals surface area contributed by atoms with Crippen LogP contribution in [0.3, 0.4) is 0 Å². The van der Waals surface area contributed by atoms with Crippen molar-refractivity contribution in [2.45, 2.75) is 63.9 Å². The standard InChI is InChI=1S/C22H28O8/c1-11(6-8-27-13(3)23)19(25)29-15-5-7-22(10-28-22)18-17-16(12(2)20(26)30-17)14(24)9-21(15,18)4/h6,14-18,24H,2,5,7-10H2,1,3-4H3/b11-6-/t14-,15-,16+,17-,18+,21-,22+/m0/s1. The fourth-order valence-corrected chi connectivity index (χ4v) is 5.71. The van der Waals surface area contributed by atoms with Crippen LogP contribution in [0, 0.1) is 17.3 Å². The van der Waals surface area contributed by atoms with E-state index >= 15 is 0 Å². The zero-order valence-corrected chi connectivity index (χ0v) is 17.5. The summed E-state index contributed by atoms with van der Waals surface area (Å²) in [5.74, 6) is -2.06. The van der Waals surface area contributed by atoms with Crippen LogP contribution in [0.25, 0.3) is 0 Å². The normalized spacial score (nSPS) is 42.3. The number of fused-ring (bicyclic) bond motifs is 4.